The maximum Gasteiger partial charge on any atom is 0.114 e. The van der Waals surface area contributed by atoms with E-state index in [0.29, 0.717) is 5.92 Å². The van der Waals surface area contributed by atoms with Crippen molar-refractivity contribution >= 4 is 131 Å². The first kappa shape index (κ1) is 80.9. The van der Waals surface area contributed by atoms with Gasteiger partial charge >= 0.3 is 0 Å². The predicted octanol–water partition coefficient (Wildman–Crippen LogP) is 31.0. The van der Waals surface area contributed by atoms with E-state index >= 15 is 0 Å². The fraction of sp³-hybridized carbons (Fsp3) is 0.240. The van der Waals surface area contributed by atoms with Gasteiger partial charge in [-0.1, -0.05) is 221 Å². The average Bonchev–Trinajstić information content (AvgIpc) is 1.59. The third-order valence-corrected chi connectivity index (χ3v) is 28.4. The number of aromatic nitrogens is 6. The Bertz CT molecular complexity index is 5810. The minimum absolute atomic E-state index is 0.142. The van der Waals surface area contributed by atoms with Crippen LogP contribution in [0, 0.1) is 96.9 Å². The highest BCUT2D eigenvalue weighted by molar-refractivity contribution is 7.17. The molecule has 1 atom stereocenters. The standard InChI is InChI=1S/C24H27N.C18H16N2S3.2C17H18.C16H12N2S3.C8H8N2S/c1-5-20(4)21-10-16-24(17-11-21)25(22-12-6-18(2)7-13-22)23-14-8-19(3)9-15-23;1-9-7-15(21-11(9)3)13-5-6-14(18-17(13)19-23-20-18)16-8-10(2)12(4)22-16;2*1-11-5-7-13-14-8-6-12(2)10-16(14)17(3,4)15(13)9-11;1-9-3-7-13(19-9)11-5-6-12(14-8-4-10(2)20-14)16-15(11)17-21-18-16;1-5-3-4-6(2)8-7(5)9-11-10-8/h6-17,20H,5H2,1-4H3;5-8H,1-4H3;2*5-10H,1-4H3;3-8H,1-2H3;3-4H,1-2H3. The van der Waals surface area contributed by atoms with E-state index in [4.69, 9.17) is 0 Å². The van der Waals surface area contributed by atoms with Gasteiger partial charge in [0.15, 0.2) is 0 Å². The number of thiophene rings is 4. The van der Waals surface area contributed by atoms with Crippen molar-refractivity contribution in [1.82, 2.24) is 26.2 Å². The van der Waals surface area contributed by atoms with E-state index in [2.05, 4.69) is 388 Å². The minimum atomic E-state index is 0.142. The van der Waals surface area contributed by atoms with Crippen LogP contribution >= 0.6 is 80.5 Å². The lowest BCUT2D eigenvalue weighted by Crippen LogP contribution is -2.15. The van der Waals surface area contributed by atoms with Crippen molar-refractivity contribution in [3.63, 3.8) is 0 Å². The zero-order chi connectivity index (χ0) is 80.6. The highest BCUT2D eigenvalue weighted by Crippen LogP contribution is 2.51. The Morgan fingerprint density at radius 2 is 0.561 bits per heavy atom. The van der Waals surface area contributed by atoms with Crippen LogP contribution in [-0.4, -0.2) is 26.2 Å². The van der Waals surface area contributed by atoms with Gasteiger partial charge in [-0.3, -0.25) is 0 Å². The molecular weight excluding hydrogens is 1520 g/mol. The third kappa shape index (κ3) is 16.9. The molecule has 7 aromatic heterocycles. The first-order valence-electron chi connectivity index (χ1n) is 39.1. The van der Waals surface area contributed by atoms with E-state index in [1.54, 1.807) is 22.7 Å². The van der Waals surface area contributed by atoms with Gasteiger partial charge in [0, 0.05) is 89.2 Å². The lowest BCUT2D eigenvalue weighted by molar-refractivity contribution is 0.659. The topological polar surface area (TPSA) is 80.6 Å². The van der Waals surface area contributed by atoms with Gasteiger partial charge in [0.05, 0.1) is 35.2 Å². The molecule has 0 bridgehead atoms. The molecule has 2 aliphatic carbocycles. The highest BCUT2D eigenvalue weighted by Gasteiger charge is 2.37. The van der Waals surface area contributed by atoms with Gasteiger partial charge in [0.2, 0.25) is 0 Å². The van der Waals surface area contributed by atoms with Gasteiger partial charge < -0.3 is 4.90 Å². The number of anilines is 3. The summed E-state index contributed by atoms with van der Waals surface area (Å²) in [4.78, 5) is 12.8. The van der Waals surface area contributed by atoms with Crippen LogP contribution in [0.1, 0.15) is 157 Å². The average molecular weight is 1620 g/mol. The van der Waals surface area contributed by atoms with Crippen molar-refractivity contribution in [2.45, 2.75) is 162 Å². The molecule has 0 amide bonds. The molecule has 10 aromatic carbocycles. The molecule has 0 N–H and O–H groups in total. The van der Waals surface area contributed by atoms with E-state index in [9.17, 15) is 0 Å². The molecule has 0 radical (unpaired) electrons. The van der Waals surface area contributed by atoms with Crippen LogP contribution < -0.4 is 4.90 Å². The summed E-state index contributed by atoms with van der Waals surface area (Å²) < 4.78 is 26.7. The molecule has 14 heteroatoms. The summed E-state index contributed by atoms with van der Waals surface area (Å²) in [5.74, 6) is 0.598. The van der Waals surface area contributed by atoms with Crippen LogP contribution in [0.2, 0.25) is 0 Å². The Morgan fingerprint density at radius 1 is 0.281 bits per heavy atom. The number of aryl methyl sites for hydroxylation is 14. The molecular formula is C100H99N7S7. The molecule has 17 aromatic rings. The molecule has 0 fully saturated rings. The van der Waals surface area contributed by atoms with E-state index in [-0.39, 0.29) is 10.8 Å². The molecule has 2 aliphatic rings. The summed E-state index contributed by atoms with van der Waals surface area (Å²) in [7, 11) is 0. The molecule has 7 nitrogen and oxygen atoms in total. The van der Waals surface area contributed by atoms with E-state index < -0.39 is 0 Å². The van der Waals surface area contributed by atoms with Gasteiger partial charge in [0.1, 0.15) is 33.1 Å². The molecule has 0 saturated heterocycles. The molecule has 576 valence electrons. The Hall–Kier alpha value is -9.74. The second-order valence-electron chi connectivity index (χ2n) is 31.8. The maximum absolute atomic E-state index is 4.59. The summed E-state index contributed by atoms with van der Waals surface area (Å²) >= 11 is 11.2. The monoisotopic (exact) mass is 1620 g/mol. The van der Waals surface area contributed by atoms with Gasteiger partial charge in [-0.25, -0.2) is 0 Å². The summed E-state index contributed by atoms with van der Waals surface area (Å²) in [6.07, 6.45) is 1.17. The van der Waals surface area contributed by atoms with Crippen LogP contribution in [0.3, 0.4) is 0 Å². The molecule has 1 unspecified atom stereocenters. The van der Waals surface area contributed by atoms with E-state index in [1.807, 2.05) is 22.7 Å². The van der Waals surface area contributed by atoms with Crippen molar-refractivity contribution < 1.29 is 0 Å². The molecule has 114 heavy (non-hydrogen) atoms. The number of hydrogen-bond acceptors (Lipinski definition) is 14. The predicted molar refractivity (Wildman–Crippen MR) is 500 cm³/mol. The van der Waals surface area contributed by atoms with Crippen molar-refractivity contribution in [3.8, 4) is 64.0 Å². The van der Waals surface area contributed by atoms with E-state index in [1.165, 1.54) is 226 Å². The Balaban J connectivity index is 0.000000115. The van der Waals surface area contributed by atoms with Gasteiger partial charge in [-0.2, -0.15) is 26.2 Å². The van der Waals surface area contributed by atoms with Crippen molar-refractivity contribution in [1.29, 1.82) is 0 Å². The normalized spacial score (nSPS) is 12.7. The maximum atomic E-state index is 4.59. The van der Waals surface area contributed by atoms with E-state index in [0.717, 1.165) is 33.1 Å². The van der Waals surface area contributed by atoms with Crippen LogP contribution in [0.5, 0.6) is 0 Å². The molecule has 7 heterocycles. The quantitative estimate of drug-likeness (QED) is 0.142. The van der Waals surface area contributed by atoms with Crippen molar-refractivity contribution in [3.05, 3.63) is 321 Å². The van der Waals surface area contributed by atoms with Crippen molar-refractivity contribution in [2.75, 3.05) is 4.90 Å². The fourth-order valence-corrected chi connectivity index (χ4v) is 20.9. The van der Waals surface area contributed by atoms with Crippen LogP contribution in [0.25, 0.3) is 97.1 Å². The molecule has 0 saturated carbocycles. The Labute approximate surface area is 702 Å². The molecule has 0 spiro atoms. The van der Waals surface area contributed by atoms with Gasteiger partial charge in [-0.05, 0) is 254 Å². The summed E-state index contributed by atoms with van der Waals surface area (Å²) in [5, 5.41) is 0. The lowest BCUT2D eigenvalue weighted by atomic mass is 9.81. The first-order valence-corrected chi connectivity index (χ1v) is 44.6. The van der Waals surface area contributed by atoms with Crippen LogP contribution in [-0.2, 0) is 10.8 Å². The van der Waals surface area contributed by atoms with Crippen LogP contribution in [0.4, 0.5) is 17.1 Å². The first-order chi connectivity index (χ1) is 54.6. The summed E-state index contributed by atoms with van der Waals surface area (Å²) in [6.45, 7) is 43.8. The molecule has 0 aliphatic heterocycles. The number of fused-ring (bicyclic) bond motifs is 9. The van der Waals surface area contributed by atoms with Gasteiger partial charge in [-0.15, -0.1) is 45.3 Å². The fourth-order valence-electron chi connectivity index (χ4n) is 15.2. The Kier molecular flexibility index (Phi) is 24.1. The van der Waals surface area contributed by atoms with Crippen LogP contribution in [0.15, 0.2) is 218 Å². The number of hydrogen-bond donors (Lipinski definition) is 0. The minimum Gasteiger partial charge on any atom is -0.311 e. The lowest BCUT2D eigenvalue weighted by Gasteiger charge is -2.26. The zero-order valence-corrected chi connectivity index (χ0v) is 74.8. The summed E-state index contributed by atoms with van der Waals surface area (Å²) in [6, 6.07) is 79.8. The second kappa shape index (κ2) is 34.0. The smallest absolute Gasteiger partial charge is 0.114 e. The number of benzene rings is 10. The SMILES string of the molecule is CCC(C)c1ccc(N(c2ccc(C)cc2)c2ccc(C)cc2)cc1.Cc1cc(-c2ccc(-c3cc(C)c(C)s3)c3nsnc23)sc1C.Cc1ccc(-c2ccc(-c3ccc(C)s3)c3nsnc23)s1.Cc1ccc(C)c2nsnc12.Cc1ccc2c(c1)C(C)(C)c1cc(C)ccc1-2.Cc1ccc2c(c1)C(C)(C)c1cc(C)ccc1-2. The molecule has 19 rings (SSSR count). The third-order valence-electron chi connectivity index (χ3n) is 22.4. The largest absolute Gasteiger partial charge is 0.311 e. The summed E-state index contributed by atoms with van der Waals surface area (Å²) in [5.41, 5.74) is 40.8. The number of rotatable bonds is 9. The number of nitrogens with zero attached hydrogens (tertiary/aromatic N) is 7. The zero-order valence-electron chi connectivity index (χ0n) is 69.1. The Morgan fingerprint density at radius 3 is 0.842 bits per heavy atom. The second-order valence-corrected chi connectivity index (χ2v) is 38.5. The van der Waals surface area contributed by atoms with Gasteiger partial charge in [0.25, 0.3) is 0 Å². The van der Waals surface area contributed by atoms with Crippen molar-refractivity contribution in [2.24, 2.45) is 0 Å². The highest BCUT2D eigenvalue weighted by atomic mass is 32.1.